The number of nitrogens with two attached hydrogens (primary N) is 1. The molecule has 0 spiro atoms. The minimum atomic E-state index is -4.04. The molecule has 0 bridgehead atoms. The van der Waals surface area contributed by atoms with Crippen molar-refractivity contribution in [2.24, 2.45) is 5.73 Å². The number of amides is 1. The molecule has 4 atom stereocenters. The van der Waals surface area contributed by atoms with Crippen LogP contribution in [-0.2, 0) is 18.6 Å². The maximum Gasteiger partial charge on any atom is 0.405 e. The highest BCUT2D eigenvalue weighted by atomic mass is 31.2. The van der Waals surface area contributed by atoms with Crippen molar-refractivity contribution in [3.63, 3.8) is 0 Å². The van der Waals surface area contributed by atoms with Gasteiger partial charge in [0.05, 0.1) is 6.61 Å². The molecule has 12 nitrogen and oxygen atoms in total. The van der Waals surface area contributed by atoms with Crippen LogP contribution >= 0.6 is 7.75 Å². The van der Waals surface area contributed by atoms with Crippen LogP contribution in [0.1, 0.15) is 36.1 Å². The molecule has 0 saturated carbocycles. The van der Waals surface area contributed by atoms with E-state index < -0.39 is 44.5 Å². The Labute approximate surface area is 148 Å². The molecule has 4 N–H and O–H groups in total. The van der Waals surface area contributed by atoms with E-state index in [4.69, 9.17) is 15.0 Å². The van der Waals surface area contributed by atoms with Crippen LogP contribution in [0, 0.1) is 0 Å². The van der Waals surface area contributed by atoms with Gasteiger partial charge < -0.3 is 20.5 Å². The Morgan fingerprint density at radius 1 is 1.42 bits per heavy atom. The largest absolute Gasteiger partial charge is 0.405 e. The minimum Gasteiger partial charge on any atom is -0.380 e. The molecule has 3 rings (SSSR count). The van der Waals surface area contributed by atoms with Gasteiger partial charge in [0, 0.05) is 13.1 Å². The van der Waals surface area contributed by atoms with Gasteiger partial charge in [-0.2, -0.15) is 0 Å². The van der Waals surface area contributed by atoms with Gasteiger partial charge in [0.2, 0.25) is 5.82 Å². The number of Topliss-reactive ketones (excluding diaryl/α,β-unsaturated/α-hetero) is 1. The topological polar surface area (TPSA) is 170 Å². The predicted molar refractivity (Wildman–Crippen MR) is 84.7 cm³/mol. The normalized spacial score (nSPS) is 29.6. The molecule has 0 radical (unpaired) electrons. The van der Waals surface area contributed by atoms with Crippen LogP contribution in [0.4, 0.5) is 0 Å². The summed E-state index contributed by atoms with van der Waals surface area (Å²) in [5, 5.41) is 13.8. The van der Waals surface area contributed by atoms with Crippen molar-refractivity contribution in [3.05, 3.63) is 12.2 Å². The first kappa shape index (κ1) is 19.1. The van der Waals surface area contributed by atoms with Gasteiger partial charge in [-0.05, 0) is 12.8 Å². The molecule has 0 aliphatic carbocycles. The fourth-order valence-corrected chi connectivity index (χ4v) is 4.14. The Hall–Kier alpha value is -1.69. The molecule has 2 fully saturated rings. The zero-order chi connectivity index (χ0) is 18.9. The van der Waals surface area contributed by atoms with E-state index in [1.807, 2.05) is 0 Å². The number of aromatic nitrogens is 3. The van der Waals surface area contributed by atoms with Gasteiger partial charge in [0.25, 0.3) is 5.91 Å². The highest BCUT2D eigenvalue weighted by molar-refractivity contribution is 7.50. The Morgan fingerprint density at radius 2 is 2.12 bits per heavy atom. The average molecular weight is 389 g/mol. The second-order valence-corrected chi connectivity index (χ2v) is 7.88. The number of nitrogens with zero attached hydrogens (tertiary/aromatic N) is 4. The summed E-state index contributed by atoms with van der Waals surface area (Å²) in [6.45, 7) is 0.384. The number of primary amides is 1. The quantitative estimate of drug-likeness (QED) is 0.502. The molecule has 1 aromatic rings. The summed E-state index contributed by atoms with van der Waals surface area (Å²) in [7, 11) is -4.04. The number of hydrogen-bond acceptors (Lipinski definition) is 8. The smallest absolute Gasteiger partial charge is 0.380 e. The van der Waals surface area contributed by atoms with Crippen LogP contribution in [0.3, 0.4) is 0 Å². The fraction of sp³-hybridized carbons (Fsp3) is 0.692. The highest BCUT2D eigenvalue weighted by Crippen LogP contribution is 2.48. The van der Waals surface area contributed by atoms with Crippen LogP contribution in [0.2, 0.25) is 0 Å². The first-order valence-electron chi connectivity index (χ1n) is 8.10. The lowest BCUT2D eigenvalue weighted by Gasteiger charge is -2.29. The van der Waals surface area contributed by atoms with Crippen LogP contribution in [-0.4, -0.2) is 73.0 Å². The monoisotopic (exact) mass is 389 g/mol. The molecule has 2 aliphatic rings. The summed E-state index contributed by atoms with van der Waals surface area (Å²) in [5.41, 5.74) is 5.05. The summed E-state index contributed by atoms with van der Waals surface area (Å²) in [6, 6.07) is 0. The number of ether oxygens (including phenoxy) is 1. The third-order valence-corrected chi connectivity index (χ3v) is 5.86. The summed E-state index contributed by atoms with van der Waals surface area (Å²) in [4.78, 5) is 36.9. The Morgan fingerprint density at radius 3 is 2.73 bits per heavy atom. The van der Waals surface area contributed by atoms with Crippen molar-refractivity contribution in [2.45, 2.75) is 37.7 Å². The van der Waals surface area contributed by atoms with Crippen molar-refractivity contribution in [1.29, 1.82) is 0 Å². The predicted octanol–water partition coefficient (Wildman–Crippen LogP) is -1.19. The van der Waals surface area contributed by atoms with Crippen LogP contribution < -0.4 is 5.73 Å². The van der Waals surface area contributed by atoms with E-state index >= 15 is 0 Å². The van der Waals surface area contributed by atoms with Crippen LogP contribution in [0.15, 0.2) is 6.33 Å². The molecule has 0 aromatic carbocycles. The lowest BCUT2D eigenvalue weighted by molar-refractivity contribution is -0.128. The molecule has 144 valence electrons. The lowest BCUT2D eigenvalue weighted by Crippen LogP contribution is -2.31. The van der Waals surface area contributed by atoms with E-state index in [1.54, 1.807) is 0 Å². The summed E-state index contributed by atoms with van der Waals surface area (Å²) < 4.78 is 25.1. The third kappa shape index (κ3) is 3.85. The SMILES string of the molecule is NC(=O)c1ncn([C@@H]2O[C@H](COP(=O)(O)N3CCCCC3)C(=O)[C@H]2O)n1. The maximum atomic E-state index is 12.3. The van der Waals surface area contributed by atoms with E-state index in [2.05, 4.69) is 10.1 Å². The number of ketones is 1. The number of carbonyl (C=O) groups is 2. The van der Waals surface area contributed by atoms with Gasteiger partial charge in [0.1, 0.15) is 12.4 Å². The molecule has 2 aliphatic heterocycles. The molecule has 3 heterocycles. The first-order chi connectivity index (χ1) is 12.3. The molecule has 26 heavy (non-hydrogen) atoms. The highest BCUT2D eigenvalue weighted by Gasteiger charge is 2.45. The summed E-state index contributed by atoms with van der Waals surface area (Å²) in [5.74, 6) is -1.88. The maximum absolute atomic E-state index is 12.3. The van der Waals surface area contributed by atoms with Crippen molar-refractivity contribution in [3.8, 4) is 0 Å². The van der Waals surface area contributed by atoms with Gasteiger partial charge in [-0.3, -0.25) is 14.1 Å². The zero-order valence-electron chi connectivity index (χ0n) is 13.8. The molecule has 1 amide bonds. The van der Waals surface area contributed by atoms with E-state index in [9.17, 15) is 24.2 Å². The lowest BCUT2D eigenvalue weighted by atomic mass is 10.2. The van der Waals surface area contributed by atoms with Gasteiger partial charge in [-0.25, -0.2) is 18.9 Å². The van der Waals surface area contributed by atoms with Gasteiger partial charge in [-0.15, -0.1) is 5.10 Å². The number of piperidine rings is 1. The Balaban J connectivity index is 1.63. The van der Waals surface area contributed by atoms with Gasteiger partial charge >= 0.3 is 7.75 Å². The van der Waals surface area contributed by atoms with Crippen molar-refractivity contribution < 1.29 is 33.4 Å². The number of aliphatic hydroxyl groups is 1. The van der Waals surface area contributed by atoms with Crippen molar-refractivity contribution >= 4 is 19.4 Å². The van der Waals surface area contributed by atoms with Gasteiger partial charge in [0.15, 0.2) is 18.1 Å². The van der Waals surface area contributed by atoms with E-state index in [-0.39, 0.29) is 5.82 Å². The van der Waals surface area contributed by atoms with Crippen molar-refractivity contribution in [1.82, 2.24) is 19.4 Å². The summed E-state index contributed by atoms with van der Waals surface area (Å²) in [6.07, 6.45) is -0.399. The first-order valence-corrected chi connectivity index (χ1v) is 9.63. The number of hydrogen-bond donors (Lipinski definition) is 3. The Bertz CT molecular complexity index is 734. The molecule has 2 saturated heterocycles. The van der Waals surface area contributed by atoms with E-state index in [0.29, 0.717) is 13.1 Å². The van der Waals surface area contributed by atoms with Gasteiger partial charge in [-0.1, -0.05) is 6.42 Å². The molecule has 1 unspecified atom stereocenters. The standard InChI is InChI=1S/C13H20N5O7P/c14-11(21)12-15-7-18(16-12)13-10(20)9(19)8(25-13)6-24-26(22,23)17-4-2-1-3-5-17/h7-8,10,13,20H,1-6H2,(H2,14,21)(H,22,23)/t8-,10-,13-/m1/s1. The fourth-order valence-electron chi connectivity index (χ4n) is 2.86. The third-order valence-electron chi connectivity index (χ3n) is 4.26. The minimum absolute atomic E-state index is 0.294. The second kappa shape index (κ2) is 7.51. The number of carbonyl (C=O) groups excluding carboxylic acids is 2. The van der Waals surface area contributed by atoms with Crippen molar-refractivity contribution in [2.75, 3.05) is 19.7 Å². The molecular formula is C13H20N5O7P. The number of aliphatic hydroxyl groups excluding tert-OH is 1. The van der Waals surface area contributed by atoms with Crippen LogP contribution in [0.5, 0.6) is 0 Å². The summed E-state index contributed by atoms with van der Waals surface area (Å²) >= 11 is 0. The average Bonchev–Trinajstić information content (AvgIpc) is 3.21. The van der Waals surface area contributed by atoms with E-state index in [0.717, 1.165) is 30.3 Å². The molecule has 13 heteroatoms. The van der Waals surface area contributed by atoms with E-state index in [1.165, 1.54) is 4.67 Å². The van der Waals surface area contributed by atoms with Crippen LogP contribution in [0.25, 0.3) is 0 Å². The molecule has 1 aromatic heterocycles. The Kier molecular flexibility index (Phi) is 5.51. The second-order valence-electron chi connectivity index (χ2n) is 6.08. The number of rotatable bonds is 6. The molecular weight excluding hydrogens is 369 g/mol. The zero-order valence-corrected chi connectivity index (χ0v) is 14.7.